The van der Waals surface area contributed by atoms with Crippen LogP contribution in [0.3, 0.4) is 0 Å². The lowest BCUT2D eigenvalue weighted by Gasteiger charge is -2.08. The Morgan fingerprint density at radius 3 is 1.88 bits per heavy atom. The minimum absolute atomic E-state index is 0.281. The molecule has 0 aliphatic rings. The van der Waals surface area contributed by atoms with Gasteiger partial charge in [-0.25, -0.2) is 4.98 Å². The fraction of sp³-hybridized carbons (Fsp3) is 0. The molecule has 0 saturated carbocycles. The van der Waals surface area contributed by atoms with E-state index < -0.39 is 0 Å². The highest BCUT2D eigenvalue weighted by Crippen LogP contribution is 2.28. The second kappa shape index (κ2) is 9.86. The lowest BCUT2D eigenvalue weighted by atomic mass is 10.1. The molecule has 32 heavy (non-hydrogen) atoms. The van der Waals surface area contributed by atoms with Gasteiger partial charge in [-0.2, -0.15) is 0 Å². The van der Waals surface area contributed by atoms with Gasteiger partial charge in [0.25, 0.3) is 12.9 Å². The predicted octanol–water partition coefficient (Wildman–Crippen LogP) is 3.84. The summed E-state index contributed by atoms with van der Waals surface area (Å²) < 4.78 is 9.94. The Morgan fingerprint density at radius 2 is 1.16 bits per heavy atom. The second-order valence-corrected chi connectivity index (χ2v) is 6.47. The first kappa shape index (κ1) is 20.5. The third kappa shape index (κ3) is 5.06. The Hall–Kier alpha value is -4.72. The van der Waals surface area contributed by atoms with E-state index in [0.29, 0.717) is 41.5 Å². The Bertz CT molecular complexity index is 1280. The molecule has 0 amide bonds. The van der Waals surface area contributed by atoms with Crippen molar-refractivity contribution in [3.63, 3.8) is 0 Å². The summed E-state index contributed by atoms with van der Waals surface area (Å²) in [6.45, 7) is 0.669. The molecule has 0 radical (unpaired) electrons. The summed E-state index contributed by atoms with van der Waals surface area (Å²) in [5.41, 5.74) is 3.87. The number of pyridine rings is 4. The van der Waals surface area contributed by atoms with Crippen LogP contribution in [0.25, 0.3) is 34.9 Å². The van der Waals surface area contributed by atoms with Gasteiger partial charge in [-0.3, -0.25) is 24.5 Å². The number of rotatable bonds is 8. The molecule has 0 aliphatic carbocycles. The SMILES string of the molecule is O=COc1ccnc(-c2cc(OC=O)cc(-c3cc(/C=C/c4ccncc4)ccn3)n2)c1. The Kier molecular flexibility index (Phi) is 6.33. The zero-order valence-electron chi connectivity index (χ0n) is 16.7. The van der Waals surface area contributed by atoms with E-state index in [1.807, 2.05) is 36.4 Å². The largest absolute Gasteiger partial charge is 0.429 e. The maximum absolute atomic E-state index is 10.9. The summed E-state index contributed by atoms with van der Waals surface area (Å²) in [5, 5.41) is 0. The summed E-state index contributed by atoms with van der Waals surface area (Å²) in [6.07, 6.45) is 10.5. The number of carbonyl (C=O) groups excluding carboxylic acids is 2. The van der Waals surface area contributed by atoms with Crippen molar-refractivity contribution in [1.29, 1.82) is 0 Å². The van der Waals surface area contributed by atoms with Gasteiger partial charge in [0.1, 0.15) is 11.5 Å². The van der Waals surface area contributed by atoms with Gasteiger partial charge in [0.2, 0.25) is 0 Å². The van der Waals surface area contributed by atoms with E-state index in [0.717, 1.165) is 11.1 Å². The number of hydrogen-bond acceptors (Lipinski definition) is 8. The highest BCUT2D eigenvalue weighted by molar-refractivity contribution is 5.73. The number of nitrogens with zero attached hydrogens (tertiary/aromatic N) is 4. The van der Waals surface area contributed by atoms with E-state index in [1.54, 1.807) is 42.9 Å². The lowest BCUT2D eigenvalue weighted by Crippen LogP contribution is -1.97. The van der Waals surface area contributed by atoms with Crippen molar-refractivity contribution in [2.45, 2.75) is 0 Å². The molecule has 4 aromatic heterocycles. The first-order chi connectivity index (χ1) is 15.7. The van der Waals surface area contributed by atoms with E-state index in [2.05, 4.69) is 19.9 Å². The lowest BCUT2D eigenvalue weighted by molar-refractivity contribution is -0.121. The van der Waals surface area contributed by atoms with Crippen molar-refractivity contribution < 1.29 is 19.1 Å². The highest BCUT2D eigenvalue weighted by atomic mass is 16.5. The van der Waals surface area contributed by atoms with Gasteiger partial charge in [-0.1, -0.05) is 12.2 Å². The maximum atomic E-state index is 10.9. The number of hydrogen-bond donors (Lipinski definition) is 0. The minimum Gasteiger partial charge on any atom is -0.429 e. The van der Waals surface area contributed by atoms with E-state index in [1.165, 1.54) is 6.20 Å². The van der Waals surface area contributed by atoms with Crippen LogP contribution in [0.5, 0.6) is 11.5 Å². The van der Waals surface area contributed by atoms with Gasteiger partial charge in [0, 0.05) is 43.0 Å². The molecular formula is C24H16N4O4. The molecule has 8 nitrogen and oxygen atoms in total. The predicted molar refractivity (Wildman–Crippen MR) is 117 cm³/mol. The summed E-state index contributed by atoms with van der Waals surface area (Å²) in [7, 11) is 0. The van der Waals surface area contributed by atoms with Gasteiger partial charge in [0.15, 0.2) is 0 Å². The Balaban J connectivity index is 1.72. The molecule has 0 fully saturated rings. The van der Waals surface area contributed by atoms with Crippen molar-refractivity contribution in [2.24, 2.45) is 0 Å². The molecule has 0 saturated heterocycles. The molecule has 156 valence electrons. The smallest absolute Gasteiger partial charge is 0.298 e. The van der Waals surface area contributed by atoms with Gasteiger partial charge in [-0.05, 0) is 41.5 Å². The number of ether oxygens (including phenoxy) is 2. The summed E-state index contributed by atoms with van der Waals surface area (Å²) in [6, 6.07) is 13.8. The highest BCUT2D eigenvalue weighted by Gasteiger charge is 2.11. The van der Waals surface area contributed by atoms with E-state index in [-0.39, 0.29) is 5.75 Å². The van der Waals surface area contributed by atoms with Crippen molar-refractivity contribution in [2.75, 3.05) is 0 Å². The molecule has 4 rings (SSSR count). The monoisotopic (exact) mass is 424 g/mol. The molecule has 0 aromatic carbocycles. The summed E-state index contributed by atoms with van der Waals surface area (Å²) in [4.78, 5) is 38.9. The van der Waals surface area contributed by atoms with Crippen LogP contribution in [0.2, 0.25) is 0 Å². The van der Waals surface area contributed by atoms with Crippen LogP contribution in [0.1, 0.15) is 11.1 Å². The fourth-order valence-electron chi connectivity index (χ4n) is 2.93. The second-order valence-electron chi connectivity index (χ2n) is 6.47. The standard InChI is InChI=1S/C24H16N4O4/c29-15-31-19-6-10-27-22(12-19)24-14-20(32-16-30)13-23(28-24)21-11-18(5-9-26-21)2-1-17-3-7-25-8-4-17/h1-16H/b2-1+. The normalized spacial score (nSPS) is 10.6. The fourth-order valence-corrected chi connectivity index (χ4v) is 2.93. The molecule has 0 spiro atoms. The van der Waals surface area contributed by atoms with Crippen molar-refractivity contribution in [3.8, 4) is 34.3 Å². The van der Waals surface area contributed by atoms with Crippen molar-refractivity contribution in [1.82, 2.24) is 19.9 Å². The van der Waals surface area contributed by atoms with Crippen LogP contribution in [0, 0.1) is 0 Å². The van der Waals surface area contributed by atoms with E-state index in [9.17, 15) is 9.59 Å². The van der Waals surface area contributed by atoms with Crippen LogP contribution in [0.4, 0.5) is 0 Å². The molecule has 0 bridgehead atoms. The van der Waals surface area contributed by atoms with Crippen molar-refractivity contribution in [3.05, 3.63) is 84.4 Å². The molecule has 0 aliphatic heterocycles. The zero-order valence-corrected chi connectivity index (χ0v) is 16.7. The average Bonchev–Trinajstić information content (AvgIpc) is 2.84. The third-order valence-electron chi connectivity index (χ3n) is 4.38. The van der Waals surface area contributed by atoms with Gasteiger partial charge in [-0.15, -0.1) is 0 Å². The molecule has 0 unspecified atom stereocenters. The topological polar surface area (TPSA) is 104 Å². The minimum atomic E-state index is 0.281. The molecule has 4 heterocycles. The van der Waals surface area contributed by atoms with Gasteiger partial charge in [0.05, 0.1) is 22.8 Å². The molecule has 0 atom stereocenters. The van der Waals surface area contributed by atoms with E-state index >= 15 is 0 Å². The van der Waals surface area contributed by atoms with Crippen LogP contribution < -0.4 is 9.47 Å². The molecule has 4 aromatic rings. The number of carbonyl (C=O) groups is 2. The summed E-state index contributed by atoms with van der Waals surface area (Å²) >= 11 is 0. The first-order valence-corrected chi connectivity index (χ1v) is 9.49. The molecule has 8 heteroatoms. The molecular weight excluding hydrogens is 408 g/mol. The zero-order chi connectivity index (χ0) is 22.2. The third-order valence-corrected chi connectivity index (χ3v) is 4.38. The van der Waals surface area contributed by atoms with Crippen molar-refractivity contribution >= 4 is 25.1 Å². The average molecular weight is 424 g/mol. The maximum Gasteiger partial charge on any atom is 0.298 e. The molecule has 0 N–H and O–H groups in total. The van der Waals surface area contributed by atoms with E-state index in [4.69, 9.17) is 9.47 Å². The van der Waals surface area contributed by atoms with Gasteiger partial charge < -0.3 is 9.47 Å². The van der Waals surface area contributed by atoms with Crippen LogP contribution in [0.15, 0.2) is 73.3 Å². The first-order valence-electron chi connectivity index (χ1n) is 9.49. The van der Waals surface area contributed by atoms with Crippen LogP contribution in [-0.4, -0.2) is 32.9 Å². The Morgan fingerprint density at radius 1 is 0.594 bits per heavy atom. The number of aromatic nitrogens is 4. The quantitative estimate of drug-likeness (QED) is 0.393. The van der Waals surface area contributed by atoms with Crippen LogP contribution in [-0.2, 0) is 9.59 Å². The van der Waals surface area contributed by atoms with Gasteiger partial charge >= 0.3 is 0 Å². The Labute approximate surface area is 183 Å². The van der Waals surface area contributed by atoms with Crippen LogP contribution >= 0.6 is 0 Å². The summed E-state index contributed by atoms with van der Waals surface area (Å²) in [5.74, 6) is 0.597.